The van der Waals surface area contributed by atoms with Crippen molar-refractivity contribution in [1.82, 2.24) is 29.4 Å². The number of aryl methyl sites for hydroxylation is 1. The molecule has 0 saturated carbocycles. The fourth-order valence-corrected chi connectivity index (χ4v) is 4.93. The molecule has 1 fully saturated rings. The average Bonchev–Trinajstić information content (AvgIpc) is 3.52. The largest absolute Gasteiger partial charge is 0.416 e. The topological polar surface area (TPSA) is 92.0 Å². The van der Waals surface area contributed by atoms with E-state index in [1.165, 1.54) is 12.1 Å². The lowest BCUT2D eigenvalue weighted by Crippen LogP contribution is -2.64. The van der Waals surface area contributed by atoms with Gasteiger partial charge in [-0.15, -0.1) is 0 Å². The van der Waals surface area contributed by atoms with E-state index in [1.807, 2.05) is 6.20 Å². The van der Waals surface area contributed by atoms with Crippen molar-refractivity contribution >= 4 is 27.8 Å². The Morgan fingerprint density at radius 3 is 2.53 bits per heavy atom. The highest BCUT2D eigenvalue weighted by Crippen LogP contribution is 2.35. The number of nitrogens with one attached hydrogen (secondary N) is 1. The number of aliphatic hydroxyl groups is 1. The van der Waals surface area contributed by atoms with Crippen LogP contribution in [0.4, 0.5) is 13.2 Å². The van der Waals surface area contributed by atoms with E-state index in [4.69, 9.17) is 0 Å². The quantitative estimate of drug-likeness (QED) is 0.399. The molecule has 0 unspecified atom stereocenters. The molecule has 6 rings (SSSR count). The molecule has 0 atom stereocenters. The molecule has 1 amide bonds. The number of benzene rings is 2. The summed E-state index contributed by atoms with van der Waals surface area (Å²) in [6.07, 6.45) is -0.610. The lowest BCUT2D eigenvalue weighted by Gasteiger charge is -2.46. The van der Waals surface area contributed by atoms with Crippen molar-refractivity contribution in [3.63, 3.8) is 0 Å². The number of hydrogen-bond donors (Lipinski definition) is 2. The van der Waals surface area contributed by atoms with Crippen molar-refractivity contribution in [2.75, 3.05) is 13.1 Å². The first-order valence-corrected chi connectivity index (χ1v) is 11.3. The predicted molar refractivity (Wildman–Crippen MR) is 126 cm³/mol. The van der Waals surface area contributed by atoms with E-state index >= 15 is 0 Å². The van der Waals surface area contributed by atoms with Gasteiger partial charge in [0.25, 0.3) is 5.91 Å². The maximum atomic E-state index is 13.2. The van der Waals surface area contributed by atoms with Crippen molar-refractivity contribution < 1.29 is 23.1 Å². The van der Waals surface area contributed by atoms with Crippen LogP contribution in [0.15, 0.2) is 60.9 Å². The minimum Gasteiger partial charge on any atom is -0.386 e. The van der Waals surface area contributed by atoms with E-state index < -0.39 is 17.3 Å². The number of amides is 1. The smallest absolute Gasteiger partial charge is 0.386 e. The van der Waals surface area contributed by atoms with Crippen molar-refractivity contribution in [2.45, 2.75) is 18.2 Å². The Hall–Kier alpha value is -4.12. The monoisotopic (exact) mass is 494 g/mol. The van der Waals surface area contributed by atoms with Crippen LogP contribution in [0, 0.1) is 0 Å². The maximum absolute atomic E-state index is 13.2. The number of fused-ring (bicyclic) bond motifs is 3. The number of hydrogen-bond acceptors (Lipinski definition) is 4. The number of rotatable bonds is 4. The molecular formula is C25H21F3N6O2. The molecular weight excluding hydrogens is 473 g/mol. The van der Waals surface area contributed by atoms with Crippen LogP contribution in [0.5, 0.6) is 0 Å². The van der Waals surface area contributed by atoms with Gasteiger partial charge in [-0.2, -0.15) is 23.4 Å². The molecule has 11 heteroatoms. The van der Waals surface area contributed by atoms with Crippen molar-refractivity contribution in [3.8, 4) is 5.69 Å². The van der Waals surface area contributed by atoms with Crippen LogP contribution < -0.4 is 0 Å². The number of β-amino-alcohol motifs (C(OH)–C–C–N with tert-alkyl or cyclic N) is 1. The number of alkyl halides is 3. The van der Waals surface area contributed by atoms with Gasteiger partial charge >= 0.3 is 6.18 Å². The molecule has 0 bridgehead atoms. The van der Waals surface area contributed by atoms with Gasteiger partial charge in [0.15, 0.2) is 5.65 Å². The summed E-state index contributed by atoms with van der Waals surface area (Å²) in [6, 6.07) is 11.9. The first kappa shape index (κ1) is 22.4. The molecule has 2 aromatic carbocycles. The minimum absolute atomic E-state index is 0.203. The normalized spacial score (nSPS) is 15.5. The molecule has 0 spiro atoms. The third kappa shape index (κ3) is 3.63. The molecule has 0 radical (unpaired) electrons. The van der Waals surface area contributed by atoms with Crippen molar-refractivity contribution in [2.24, 2.45) is 7.05 Å². The summed E-state index contributed by atoms with van der Waals surface area (Å²) in [6.45, 7) is 0.412. The molecule has 36 heavy (non-hydrogen) atoms. The van der Waals surface area contributed by atoms with E-state index in [1.54, 1.807) is 51.7 Å². The first-order valence-electron chi connectivity index (χ1n) is 11.3. The Labute approximate surface area is 202 Å². The lowest BCUT2D eigenvalue weighted by molar-refractivity contribution is -0.137. The van der Waals surface area contributed by atoms with E-state index in [2.05, 4.69) is 15.3 Å². The first-order chi connectivity index (χ1) is 17.1. The summed E-state index contributed by atoms with van der Waals surface area (Å²) in [5.41, 5.74) is 1.37. The Balaban J connectivity index is 1.33. The molecule has 1 saturated heterocycles. The summed E-state index contributed by atoms with van der Waals surface area (Å²) in [7, 11) is 1.76. The van der Waals surface area contributed by atoms with Gasteiger partial charge in [0.05, 0.1) is 24.2 Å². The van der Waals surface area contributed by atoms with Crippen LogP contribution in [-0.2, 0) is 19.6 Å². The highest BCUT2D eigenvalue weighted by atomic mass is 19.4. The van der Waals surface area contributed by atoms with Gasteiger partial charge in [0, 0.05) is 53.6 Å². The molecule has 3 aromatic heterocycles. The number of likely N-dealkylation sites (tertiary alicyclic amines) is 1. The van der Waals surface area contributed by atoms with Gasteiger partial charge in [0.1, 0.15) is 5.60 Å². The number of halogens is 3. The maximum Gasteiger partial charge on any atom is 0.416 e. The second-order valence-corrected chi connectivity index (χ2v) is 9.30. The Morgan fingerprint density at radius 1 is 1.11 bits per heavy atom. The van der Waals surface area contributed by atoms with Gasteiger partial charge in [-0.05, 0) is 48.5 Å². The zero-order chi connectivity index (χ0) is 25.2. The highest BCUT2D eigenvalue weighted by Gasteiger charge is 2.44. The molecule has 4 heterocycles. The summed E-state index contributed by atoms with van der Waals surface area (Å²) in [5, 5.41) is 23.5. The van der Waals surface area contributed by atoms with Gasteiger partial charge in [-0.1, -0.05) is 0 Å². The number of nitrogens with zero attached hydrogens (tertiary/aromatic N) is 5. The Morgan fingerprint density at radius 2 is 1.86 bits per heavy atom. The molecule has 2 N–H and O–H groups in total. The molecule has 8 nitrogen and oxygen atoms in total. The Bertz CT molecular complexity index is 1590. The zero-order valence-corrected chi connectivity index (χ0v) is 19.1. The second-order valence-electron chi connectivity index (χ2n) is 9.30. The van der Waals surface area contributed by atoms with E-state index in [9.17, 15) is 23.1 Å². The zero-order valence-electron chi connectivity index (χ0n) is 19.1. The fourth-order valence-electron chi connectivity index (χ4n) is 4.93. The van der Waals surface area contributed by atoms with Crippen LogP contribution in [0.2, 0.25) is 0 Å². The molecule has 5 aromatic rings. The number of H-pyrrole nitrogens is 1. The van der Waals surface area contributed by atoms with Crippen LogP contribution in [-0.4, -0.2) is 59.1 Å². The van der Waals surface area contributed by atoms with Gasteiger partial charge < -0.3 is 10.0 Å². The molecule has 0 aliphatic carbocycles. The number of carbonyl (C=O) groups is 1. The second kappa shape index (κ2) is 7.69. The van der Waals surface area contributed by atoms with Crippen LogP contribution in [0.25, 0.3) is 27.6 Å². The minimum atomic E-state index is -4.42. The number of aromatic amines is 1. The van der Waals surface area contributed by atoms with Gasteiger partial charge in [0.2, 0.25) is 0 Å². The third-order valence-corrected chi connectivity index (χ3v) is 6.58. The number of carbonyl (C=O) groups excluding carboxylic acids is 1. The van der Waals surface area contributed by atoms with E-state index in [0.717, 1.165) is 34.1 Å². The van der Waals surface area contributed by atoms with Crippen LogP contribution in [0.1, 0.15) is 21.6 Å². The number of aromatic nitrogens is 5. The van der Waals surface area contributed by atoms with E-state index in [-0.39, 0.29) is 19.0 Å². The van der Waals surface area contributed by atoms with Crippen molar-refractivity contribution in [1.29, 1.82) is 0 Å². The summed E-state index contributed by atoms with van der Waals surface area (Å²) < 4.78 is 42.6. The van der Waals surface area contributed by atoms with Crippen molar-refractivity contribution in [3.05, 3.63) is 77.7 Å². The van der Waals surface area contributed by atoms with Gasteiger partial charge in [-0.25, -0.2) is 0 Å². The predicted octanol–water partition coefficient (Wildman–Crippen LogP) is 3.69. The highest BCUT2D eigenvalue weighted by molar-refractivity contribution is 6.10. The lowest BCUT2D eigenvalue weighted by atomic mass is 9.88. The Kier molecular flexibility index (Phi) is 4.77. The summed E-state index contributed by atoms with van der Waals surface area (Å²) >= 11 is 0. The van der Waals surface area contributed by atoms with Crippen LogP contribution >= 0.6 is 0 Å². The average molecular weight is 494 g/mol. The standard InChI is InChI=1S/C25H21F3N6O2/c1-32-12-20-19-10-15(23(35)33-13-24(36,14-33)11-17-8-9-29-30-17)2-7-21(19)34(22(20)31-32)18-5-3-16(4-6-18)25(26,27)28/h2-10,12,36H,11,13-14H2,1H3,(H,29,30). The van der Waals surface area contributed by atoms with Gasteiger partial charge in [-0.3, -0.25) is 19.1 Å². The molecule has 1 aliphatic rings. The SMILES string of the molecule is Cn1cc2c3cc(C(=O)N4CC(O)(Cc5ccn[nH]5)C4)ccc3n(-c3ccc(C(F)(F)F)cc3)c2n1. The van der Waals surface area contributed by atoms with Crippen LogP contribution in [0.3, 0.4) is 0 Å². The summed E-state index contributed by atoms with van der Waals surface area (Å²) in [4.78, 5) is 14.8. The fraction of sp³-hybridized carbons (Fsp3) is 0.240. The summed E-state index contributed by atoms with van der Waals surface area (Å²) in [5.74, 6) is -0.203. The third-order valence-electron chi connectivity index (χ3n) is 6.58. The molecule has 1 aliphatic heterocycles. The van der Waals surface area contributed by atoms with E-state index in [0.29, 0.717) is 23.3 Å². The molecule has 184 valence electrons.